The van der Waals surface area contributed by atoms with Crippen LogP contribution in [0.25, 0.3) is 10.8 Å². The SMILES string of the molecule is O=CN1CCN(S(=O)(=O)c2cccc3cccc(Cl)c23)CC1. The van der Waals surface area contributed by atoms with E-state index < -0.39 is 10.0 Å². The molecule has 0 aliphatic carbocycles. The van der Waals surface area contributed by atoms with Crippen LogP contribution in [0, 0.1) is 0 Å². The molecule has 0 atom stereocenters. The molecule has 1 saturated heterocycles. The molecule has 2 aromatic carbocycles. The molecule has 0 radical (unpaired) electrons. The summed E-state index contributed by atoms with van der Waals surface area (Å²) < 4.78 is 27.2. The van der Waals surface area contributed by atoms with Gasteiger partial charge in [0.25, 0.3) is 0 Å². The van der Waals surface area contributed by atoms with Gasteiger partial charge in [-0.2, -0.15) is 4.31 Å². The second-order valence-electron chi connectivity index (χ2n) is 5.14. The molecular weight excluding hydrogens is 324 g/mol. The van der Waals surface area contributed by atoms with Crippen molar-refractivity contribution in [3.05, 3.63) is 41.4 Å². The molecular formula is C15H15ClN2O3S. The Bertz CT molecular complexity index is 809. The van der Waals surface area contributed by atoms with E-state index in [2.05, 4.69) is 0 Å². The first-order valence-electron chi connectivity index (χ1n) is 6.91. The number of amides is 1. The van der Waals surface area contributed by atoms with E-state index in [1.165, 1.54) is 4.31 Å². The molecule has 0 N–H and O–H groups in total. The number of hydrogen-bond acceptors (Lipinski definition) is 3. The van der Waals surface area contributed by atoms with Crippen molar-refractivity contribution in [2.75, 3.05) is 26.2 Å². The van der Waals surface area contributed by atoms with Gasteiger partial charge in [0, 0.05) is 36.6 Å². The smallest absolute Gasteiger partial charge is 0.243 e. The average Bonchev–Trinajstić information content (AvgIpc) is 2.54. The van der Waals surface area contributed by atoms with Gasteiger partial charge >= 0.3 is 0 Å². The summed E-state index contributed by atoms with van der Waals surface area (Å²) in [5, 5.41) is 1.76. The van der Waals surface area contributed by atoms with Gasteiger partial charge in [-0.1, -0.05) is 35.9 Å². The number of fused-ring (bicyclic) bond motifs is 1. The summed E-state index contributed by atoms with van der Waals surface area (Å²) in [7, 11) is -3.64. The molecule has 3 rings (SSSR count). The maximum absolute atomic E-state index is 12.9. The summed E-state index contributed by atoms with van der Waals surface area (Å²) in [4.78, 5) is 12.5. The number of rotatable bonds is 3. The first-order chi connectivity index (χ1) is 10.5. The van der Waals surface area contributed by atoms with Crippen molar-refractivity contribution in [3.8, 4) is 0 Å². The first-order valence-corrected chi connectivity index (χ1v) is 8.72. The van der Waals surface area contributed by atoms with Crippen molar-refractivity contribution in [2.45, 2.75) is 4.90 Å². The molecule has 0 saturated carbocycles. The molecule has 1 aliphatic rings. The minimum absolute atomic E-state index is 0.218. The maximum Gasteiger partial charge on any atom is 0.243 e. The molecule has 2 aromatic rings. The molecule has 1 amide bonds. The fraction of sp³-hybridized carbons (Fsp3) is 0.267. The van der Waals surface area contributed by atoms with Crippen LogP contribution in [0.15, 0.2) is 41.3 Å². The lowest BCUT2D eigenvalue weighted by atomic mass is 10.1. The van der Waals surface area contributed by atoms with E-state index in [0.717, 1.165) is 11.8 Å². The van der Waals surface area contributed by atoms with Crippen molar-refractivity contribution in [2.24, 2.45) is 0 Å². The van der Waals surface area contributed by atoms with Gasteiger partial charge in [0.1, 0.15) is 0 Å². The Labute approximate surface area is 134 Å². The molecule has 1 aliphatic heterocycles. The zero-order valence-corrected chi connectivity index (χ0v) is 13.3. The highest BCUT2D eigenvalue weighted by Crippen LogP contribution is 2.31. The molecule has 0 aromatic heterocycles. The monoisotopic (exact) mass is 338 g/mol. The Morgan fingerprint density at radius 3 is 2.27 bits per heavy atom. The third kappa shape index (κ3) is 2.58. The highest BCUT2D eigenvalue weighted by molar-refractivity contribution is 7.89. The standard InChI is InChI=1S/C15H15ClN2O3S/c16-13-5-1-3-12-4-2-6-14(15(12)13)22(20,21)18-9-7-17(11-19)8-10-18/h1-6,11H,7-10H2. The predicted octanol–water partition coefficient (Wildman–Crippen LogP) is 1.96. The van der Waals surface area contributed by atoms with Crippen molar-refractivity contribution in [1.82, 2.24) is 9.21 Å². The fourth-order valence-corrected chi connectivity index (χ4v) is 4.66. The average molecular weight is 339 g/mol. The van der Waals surface area contributed by atoms with Crippen LogP contribution in [0.4, 0.5) is 0 Å². The Hall–Kier alpha value is -1.63. The topological polar surface area (TPSA) is 57.7 Å². The predicted molar refractivity (Wildman–Crippen MR) is 85.4 cm³/mol. The van der Waals surface area contributed by atoms with Crippen molar-refractivity contribution < 1.29 is 13.2 Å². The van der Waals surface area contributed by atoms with E-state index in [0.29, 0.717) is 36.6 Å². The van der Waals surface area contributed by atoms with Crippen LogP contribution in [-0.4, -0.2) is 50.2 Å². The Balaban J connectivity index is 2.05. The van der Waals surface area contributed by atoms with Crippen molar-refractivity contribution in [3.63, 3.8) is 0 Å². The van der Waals surface area contributed by atoms with E-state index >= 15 is 0 Å². The summed E-state index contributed by atoms with van der Waals surface area (Å²) in [6.45, 7) is 1.40. The zero-order valence-electron chi connectivity index (χ0n) is 11.8. The molecule has 7 heteroatoms. The van der Waals surface area contributed by atoms with Gasteiger partial charge in [-0.3, -0.25) is 4.79 Å². The van der Waals surface area contributed by atoms with Gasteiger partial charge in [0.2, 0.25) is 16.4 Å². The van der Waals surface area contributed by atoms with Gasteiger partial charge < -0.3 is 4.90 Å². The van der Waals surface area contributed by atoms with Crippen LogP contribution in [0.1, 0.15) is 0 Å². The molecule has 116 valence electrons. The molecule has 0 spiro atoms. The van der Waals surface area contributed by atoms with Gasteiger partial charge in [-0.05, 0) is 17.5 Å². The lowest BCUT2D eigenvalue weighted by molar-refractivity contribution is -0.119. The number of piperazine rings is 1. The van der Waals surface area contributed by atoms with E-state index in [1.54, 1.807) is 29.2 Å². The summed E-state index contributed by atoms with van der Waals surface area (Å²) in [6.07, 6.45) is 0.749. The lowest BCUT2D eigenvalue weighted by Gasteiger charge is -2.32. The first kappa shape index (κ1) is 15.3. The summed E-state index contributed by atoms with van der Waals surface area (Å²) in [5.41, 5.74) is 0. The largest absolute Gasteiger partial charge is 0.343 e. The van der Waals surface area contributed by atoms with Crippen LogP contribution >= 0.6 is 11.6 Å². The number of halogens is 1. The lowest BCUT2D eigenvalue weighted by Crippen LogP contribution is -2.48. The molecule has 1 fully saturated rings. The number of nitrogens with zero attached hydrogens (tertiary/aromatic N) is 2. The summed E-state index contributed by atoms with van der Waals surface area (Å²) in [6, 6.07) is 10.5. The van der Waals surface area contributed by atoms with Gasteiger partial charge in [-0.15, -0.1) is 0 Å². The summed E-state index contributed by atoms with van der Waals surface area (Å²) >= 11 is 6.22. The third-order valence-electron chi connectivity index (χ3n) is 3.86. The Morgan fingerprint density at radius 2 is 1.64 bits per heavy atom. The normalized spacial score (nSPS) is 16.9. The van der Waals surface area contributed by atoms with E-state index in [9.17, 15) is 13.2 Å². The molecule has 1 heterocycles. The second-order valence-corrected chi connectivity index (χ2v) is 7.45. The van der Waals surface area contributed by atoms with E-state index in [4.69, 9.17) is 11.6 Å². The van der Waals surface area contributed by atoms with Crippen LogP contribution in [0.5, 0.6) is 0 Å². The molecule has 0 unspecified atom stereocenters. The zero-order chi connectivity index (χ0) is 15.7. The minimum Gasteiger partial charge on any atom is -0.343 e. The summed E-state index contributed by atoms with van der Waals surface area (Å²) in [5.74, 6) is 0. The molecule has 5 nitrogen and oxygen atoms in total. The minimum atomic E-state index is -3.64. The van der Waals surface area contributed by atoms with Gasteiger partial charge in [0.05, 0.1) is 4.90 Å². The quantitative estimate of drug-likeness (QED) is 0.804. The molecule has 0 bridgehead atoms. The number of hydrogen-bond donors (Lipinski definition) is 0. The van der Waals surface area contributed by atoms with Gasteiger partial charge in [0.15, 0.2) is 0 Å². The number of sulfonamides is 1. The van der Waals surface area contributed by atoms with E-state index in [1.807, 2.05) is 12.1 Å². The van der Waals surface area contributed by atoms with Crippen LogP contribution in [0.2, 0.25) is 5.02 Å². The fourth-order valence-electron chi connectivity index (χ4n) is 2.67. The van der Waals surface area contributed by atoms with Crippen LogP contribution in [0.3, 0.4) is 0 Å². The number of carbonyl (C=O) groups excluding carboxylic acids is 1. The Morgan fingerprint density at radius 1 is 1.00 bits per heavy atom. The Kier molecular flexibility index (Phi) is 4.08. The molecule has 22 heavy (non-hydrogen) atoms. The number of carbonyl (C=O) groups is 1. The second kappa shape index (κ2) is 5.87. The number of benzene rings is 2. The van der Waals surface area contributed by atoms with E-state index in [-0.39, 0.29) is 4.90 Å². The third-order valence-corrected chi connectivity index (χ3v) is 6.11. The highest BCUT2D eigenvalue weighted by Gasteiger charge is 2.29. The van der Waals surface area contributed by atoms with Crippen molar-refractivity contribution >= 4 is 38.8 Å². The van der Waals surface area contributed by atoms with Crippen molar-refractivity contribution in [1.29, 1.82) is 0 Å². The van der Waals surface area contributed by atoms with Crippen LogP contribution in [-0.2, 0) is 14.8 Å². The maximum atomic E-state index is 12.9. The highest BCUT2D eigenvalue weighted by atomic mass is 35.5. The van der Waals surface area contributed by atoms with Gasteiger partial charge in [-0.25, -0.2) is 8.42 Å². The van der Waals surface area contributed by atoms with Crippen LogP contribution < -0.4 is 0 Å².